The lowest BCUT2D eigenvalue weighted by Gasteiger charge is -2.36. The lowest BCUT2D eigenvalue weighted by Crippen LogP contribution is -2.29. The van der Waals surface area contributed by atoms with Crippen LogP contribution in [0.25, 0.3) is 110 Å². The molecule has 0 fully saturated rings. The largest absolute Gasteiger partial charge is 0.341 e. The minimum absolute atomic E-state index is 0.451. The van der Waals surface area contributed by atoms with Gasteiger partial charge in [0.25, 0.3) is 0 Å². The second-order valence-corrected chi connectivity index (χ2v) is 29.8. The highest BCUT2D eigenvalue weighted by atomic mass is 15.2. The van der Waals surface area contributed by atoms with Gasteiger partial charge in [0.05, 0.1) is 5.69 Å². The fraction of sp³-hybridized carbons (Fsp3) is 0.208. The molecule has 12 aromatic carbocycles. The smallest absolute Gasteiger partial charge is 0.0532 e. The Morgan fingerprint density at radius 3 is 1.25 bits per heavy atom. The van der Waals surface area contributed by atoms with Crippen molar-refractivity contribution in [2.24, 2.45) is 0 Å². The van der Waals surface area contributed by atoms with E-state index in [-0.39, 0.29) is 0 Å². The quantitative estimate of drug-likeness (QED) is 0.168. The number of fused-ring (bicyclic) bond motifs is 25. The van der Waals surface area contributed by atoms with Crippen molar-refractivity contribution in [1.82, 2.24) is 18.3 Å². The van der Waals surface area contributed by atoms with Gasteiger partial charge in [-0.2, -0.15) is 0 Å². The predicted octanol–water partition coefficient (Wildman–Crippen LogP) is 25.6. The van der Waals surface area contributed by atoms with Crippen molar-refractivity contribution in [2.75, 3.05) is 4.90 Å². The molecule has 5 aliphatic rings. The lowest BCUT2D eigenvalue weighted by atomic mass is 9.94. The summed E-state index contributed by atoms with van der Waals surface area (Å²) in [6.45, 7) is 22.7. The minimum atomic E-state index is 0.451. The Kier molecular flexibility index (Phi) is 16.2. The van der Waals surface area contributed by atoms with E-state index in [0.717, 1.165) is 32.1 Å². The van der Waals surface area contributed by atoms with Crippen molar-refractivity contribution in [1.29, 1.82) is 0 Å². The maximum atomic E-state index is 2.50. The molecule has 0 N–H and O–H groups in total. The van der Waals surface area contributed by atoms with E-state index in [1.54, 1.807) is 0 Å². The van der Waals surface area contributed by atoms with Gasteiger partial charge >= 0.3 is 0 Å². The van der Waals surface area contributed by atoms with Crippen LogP contribution in [-0.4, -0.2) is 24.3 Å². The normalized spacial score (nSPS) is 13.1. The molecule has 0 bridgehead atoms. The fourth-order valence-corrected chi connectivity index (χ4v) is 18.1. The Morgan fingerprint density at radius 2 is 0.653 bits per heavy atom. The molecule has 0 radical (unpaired) electrons. The molecule has 21 rings (SSSR count). The molecule has 5 heteroatoms. The van der Waals surface area contributed by atoms with Gasteiger partial charge in [0.15, 0.2) is 0 Å². The molecular weight excluding hydrogens is 1220 g/mol. The number of hydrogen-bond acceptors (Lipinski definition) is 1. The van der Waals surface area contributed by atoms with Crippen LogP contribution in [0.1, 0.15) is 149 Å². The van der Waals surface area contributed by atoms with E-state index in [0.29, 0.717) is 30.2 Å². The van der Waals surface area contributed by atoms with Gasteiger partial charge in [-0.15, -0.1) is 0 Å². The number of hydrogen-bond donors (Lipinski definition) is 0. The molecule has 1 aliphatic heterocycles. The lowest BCUT2D eigenvalue weighted by molar-refractivity contribution is 0.603. The van der Waals surface area contributed by atoms with Crippen LogP contribution in [0.3, 0.4) is 0 Å². The average Bonchev–Trinajstić information content (AvgIpc) is 1.60. The maximum absolute atomic E-state index is 2.50. The van der Waals surface area contributed by atoms with E-state index < -0.39 is 0 Å². The monoisotopic (exact) mass is 1310 g/mol. The Labute approximate surface area is 595 Å². The molecule has 0 spiro atoms. The molecule has 5 nitrogen and oxygen atoms in total. The third-order valence-corrected chi connectivity index (χ3v) is 22.1. The summed E-state index contributed by atoms with van der Waals surface area (Å²) in [5.41, 5.74) is 36.9. The molecule has 0 amide bonds. The molecule has 4 aromatic heterocycles. The number of benzene rings is 12. The topological polar surface area (TPSA) is 23.0 Å². The number of nitrogens with zero attached hydrogens (tertiary/aromatic N) is 5. The maximum Gasteiger partial charge on any atom is 0.0532 e. The van der Waals surface area contributed by atoms with Crippen molar-refractivity contribution in [3.8, 4) is 44.6 Å². The van der Waals surface area contributed by atoms with E-state index in [4.69, 9.17) is 0 Å². The molecule has 0 atom stereocenters. The van der Waals surface area contributed by atoms with Gasteiger partial charge in [-0.05, 0) is 215 Å². The second-order valence-electron chi connectivity index (χ2n) is 29.8. The van der Waals surface area contributed by atoms with Gasteiger partial charge in [-0.3, -0.25) is 0 Å². The molecule has 4 aliphatic carbocycles. The first-order valence-electron chi connectivity index (χ1n) is 36.9. The fourth-order valence-electron chi connectivity index (χ4n) is 18.1. The first-order chi connectivity index (χ1) is 49.3. The first kappa shape index (κ1) is 63.6. The van der Waals surface area contributed by atoms with Gasteiger partial charge in [0.1, 0.15) is 0 Å². The average molecular weight is 1310 g/mol. The number of rotatable bonds is 5. The van der Waals surface area contributed by atoms with Crippen LogP contribution in [0.15, 0.2) is 267 Å². The van der Waals surface area contributed by atoms with Crippen molar-refractivity contribution >= 4 is 76.8 Å². The molecule has 5 heterocycles. The standard InChI is InChI=1S/2C22H19N.2C18H17N.C16H17N/c1-14(2)23-21-10-6-5-9-18(21)20-12-16-11-15-7-3-4-8-17(15)19(16)13-22(20)23;1-14(2)23-20-10-6-5-9-18(20)22-19-13-15-7-3-4-8-16(15)17(19)11-12-21(22)23;1-12(2)19-17-10-6-5-9-15(17)16-11-13-7-3-4-8-14(13)18(16)19;1-12(2)19-16-10-6-5-9-15(16)18-14-8-4-3-7-13(14)11-17(18)19;1-12(2)17-15-9-5-3-7-13(15)11-14-8-4-6-10-16(14)17/h3-10,12-14H,11H2,1-2H3;3-12,14H,13H2,1-2H3;2*3-10,12H,11H2,1-2H3;3-10,12H,11H2,1-2H3. The molecular formula is C96H89N5. The van der Waals surface area contributed by atoms with E-state index >= 15 is 0 Å². The van der Waals surface area contributed by atoms with Crippen LogP contribution in [-0.2, 0) is 32.1 Å². The molecule has 0 unspecified atom stereocenters. The van der Waals surface area contributed by atoms with Crippen molar-refractivity contribution in [3.63, 3.8) is 0 Å². The van der Waals surface area contributed by atoms with Crippen molar-refractivity contribution < 1.29 is 0 Å². The molecule has 16 aromatic rings. The minimum Gasteiger partial charge on any atom is -0.341 e. The molecule has 0 saturated heterocycles. The zero-order chi connectivity index (χ0) is 68.9. The van der Waals surface area contributed by atoms with Gasteiger partial charge in [-0.25, -0.2) is 0 Å². The van der Waals surface area contributed by atoms with Gasteiger partial charge in [-0.1, -0.05) is 212 Å². The summed E-state index contributed by atoms with van der Waals surface area (Å²) in [4.78, 5) is 2.44. The van der Waals surface area contributed by atoms with Crippen LogP contribution in [0, 0.1) is 0 Å². The number of aromatic nitrogens is 4. The summed E-state index contributed by atoms with van der Waals surface area (Å²) in [7, 11) is 0. The van der Waals surface area contributed by atoms with E-state index in [1.165, 1.54) is 177 Å². The molecule has 101 heavy (non-hydrogen) atoms. The number of anilines is 2. The van der Waals surface area contributed by atoms with Crippen LogP contribution in [0.4, 0.5) is 11.4 Å². The van der Waals surface area contributed by atoms with Crippen LogP contribution in [0.5, 0.6) is 0 Å². The first-order valence-corrected chi connectivity index (χ1v) is 36.9. The summed E-state index contributed by atoms with van der Waals surface area (Å²) in [6, 6.07) is 99.8. The SMILES string of the molecule is CC(C)N1c2ccccc2Cc2ccccc21.CC(C)n1c2c(c3ccccc31)-c1ccccc1C2.CC(C)n1c2c(c3ccccc31)Cc1ccccc1-2.CC(C)n1c2ccccc2c2c3c(ccc21)-c1ccccc1C3.CC(C)n1c2ccccc2c2cc3c(cc21)-c1ccccc1C3. The second kappa shape index (κ2) is 25.7. The zero-order valence-electron chi connectivity index (χ0n) is 60.1. The van der Waals surface area contributed by atoms with Crippen LogP contribution < -0.4 is 4.90 Å². The zero-order valence-corrected chi connectivity index (χ0v) is 60.1. The Hall–Kier alpha value is -10.9. The summed E-state index contributed by atoms with van der Waals surface area (Å²) >= 11 is 0. The highest BCUT2D eigenvalue weighted by Crippen LogP contribution is 2.49. The van der Waals surface area contributed by atoms with E-state index in [9.17, 15) is 0 Å². The van der Waals surface area contributed by atoms with Crippen LogP contribution >= 0.6 is 0 Å². The Bertz CT molecular complexity index is 5840. The third kappa shape index (κ3) is 10.6. The van der Waals surface area contributed by atoms with Gasteiger partial charge in [0, 0.05) is 143 Å². The third-order valence-electron chi connectivity index (χ3n) is 22.1. The summed E-state index contributed by atoms with van der Waals surface area (Å²) < 4.78 is 9.96. The summed E-state index contributed by atoms with van der Waals surface area (Å²) in [5.74, 6) is 0. The predicted molar refractivity (Wildman–Crippen MR) is 430 cm³/mol. The van der Waals surface area contributed by atoms with Crippen molar-refractivity contribution in [3.05, 3.63) is 323 Å². The molecule has 498 valence electrons. The van der Waals surface area contributed by atoms with Crippen molar-refractivity contribution in [2.45, 2.75) is 132 Å². The summed E-state index contributed by atoms with van der Waals surface area (Å²) in [5, 5.41) is 8.42. The Morgan fingerprint density at radius 1 is 0.238 bits per heavy atom. The van der Waals surface area contributed by atoms with E-state index in [2.05, 4.69) is 359 Å². The molecule has 0 saturated carbocycles. The van der Waals surface area contributed by atoms with Crippen LogP contribution in [0.2, 0.25) is 0 Å². The number of para-hydroxylation sites is 6. The highest BCUT2D eigenvalue weighted by molar-refractivity contribution is 6.13. The Balaban J connectivity index is 0.0000000946. The van der Waals surface area contributed by atoms with Gasteiger partial charge < -0.3 is 23.2 Å². The summed E-state index contributed by atoms with van der Waals surface area (Å²) in [6.07, 6.45) is 5.30. The highest BCUT2D eigenvalue weighted by Gasteiger charge is 2.31. The van der Waals surface area contributed by atoms with E-state index in [1.807, 2.05) is 0 Å². The van der Waals surface area contributed by atoms with Gasteiger partial charge in [0.2, 0.25) is 0 Å².